The van der Waals surface area contributed by atoms with E-state index in [1.54, 1.807) is 48.5 Å². The lowest BCUT2D eigenvalue weighted by Crippen LogP contribution is -2.18. The minimum Gasteiger partial charge on any atom is -0.494 e. The molecule has 0 aliphatic rings. The second kappa shape index (κ2) is 8.68. The van der Waals surface area contributed by atoms with Crippen molar-refractivity contribution in [3.8, 4) is 23.0 Å². The number of para-hydroxylation sites is 2. The van der Waals surface area contributed by atoms with Crippen LogP contribution in [-0.2, 0) is 4.79 Å². The van der Waals surface area contributed by atoms with Gasteiger partial charge in [-0.2, -0.15) is 0 Å². The molecule has 0 radical (unpaired) electrons. The molecule has 0 aliphatic heterocycles. The molecule has 5 heteroatoms. The number of rotatable bonds is 8. The molecule has 0 spiro atoms. The lowest BCUT2D eigenvalue weighted by atomic mass is 10.3. The van der Waals surface area contributed by atoms with Crippen molar-refractivity contribution in [2.75, 3.05) is 20.3 Å². The zero-order valence-corrected chi connectivity index (χ0v) is 13.3. The van der Waals surface area contributed by atoms with Crippen molar-refractivity contribution >= 4 is 5.97 Å². The van der Waals surface area contributed by atoms with Crippen LogP contribution < -0.4 is 18.9 Å². The fraction of sp³-hybridized carbons (Fsp3) is 0.278. The van der Waals surface area contributed by atoms with Gasteiger partial charge in [-0.3, -0.25) is 0 Å². The second-order valence-corrected chi connectivity index (χ2v) is 4.73. The van der Waals surface area contributed by atoms with Crippen molar-refractivity contribution in [1.29, 1.82) is 0 Å². The third-order valence-corrected chi connectivity index (χ3v) is 2.95. The minimum atomic E-state index is -0.499. The van der Waals surface area contributed by atoms with Gasteiger partial charge in [0, 0.05) is 0 Å². The zero-order valence-electron chi connectivity index (χ0n) is 13.3. The average molecular weight is 316 g/mol. The maximum atomic E-state index is 11.8. The third-order valence-electron chi connectivity index (χ3n) is 2.95. The van der Waals surface area contributed by atoms with Crippen LogP contribution in [0.15, 0.2) is 48.5 Å². The van der Waals surface area contributed by atoms with E-state index in [1.807, 2.05) is 6.92 Å². The van der Waals surface area contributed by atoms with Crippen LogP contribution in [0.25, 0.3) is 0 Å². The fourth-order valence-corrected chi connectivity index (χ4v) is 1.85. The van der Waals surface area contributed by atoms with Crippen LogP contribution >= 0.6 is 0 Å². The molecule has 0 saturated carbocycles. The number of esters is 1. The van der Waals surface area contributed by atoms with E-state index in [-0.39, 0.29) is 6.61 Å². The van der Waals surface area contributed by atoms with Crippen LogP contribution in [0.4, 0.5) is 0 Å². The molecule has 5 nitrogen and oxygen atoms in total. The highest BCUT2D eigenvalue weighted by Crippen LogP contribution is 2.26. The molecule has 0 fully saturated rings. The normalized spacial score (nSPS) is 10.0. The highest BCUT2D eigenvalue weighted by molar-refractivity contribution is 5.74. The van der Waals surface area contributed by atoms with Crippen molar-refractivity contribution in [3.05, 3.63) is 48.5 Å². The van der Waals surface area contributed by atoms with Crippen molar-refractivity contribution in [1.82, 2.24) is 0 Å². The topological polar surface area (TPSA) is 54.0 Å². The monoisotopic (exact) mass is 316 g/mol. The van der Waals surface area contributed by atoms with E-state index < -0.39 is 5.97 Å². The summed E-state index contributed by atoms with van der Waals surface area (Å²) in [6.07, 6.45) is 0.951. The lowest BCUT2D eigenvalue weighted by Gasteiger charge is -2.10. The number of ether oxygens (including phenoxy) is 4. The fourth-order valence-electron chi connectivity index (χ4n) is 1.85. The first kappa shape index (κ1) is 16.7. The summed E-state index contributed by atoms with van der Waals surface area (Å²) in [5, 5.41) is 0. The lowest BCUT2D eigenvalue weighted by molar-refractivity contribution is -0.136. The van der Waals surface area contributed by atoms with Crippen LogP contribution in [0, 0.1) is 0 Å². The predicted molar refractivity (Wildman–Crippen MR) is 86.4 cm³/mol. The number of carbonyl (C=O) groups is 1. The zero-order chi connectivity index (χ0) is 16.5. The maximum Gasteiger partial charge on any atom is 0.349 e. The molecule has 0 unspecified atom stereocenters. The van der Waals surface area contributed by atoms with E-state index in [0.29, 0.717) is 23.9 Å². The molecule has 0 heterocycles. The molecule has 0 bridgehead atoms. The van der Waals surface area contributed by atoms with Gasteiger partial charge in [-0.15, -0.1) is 0 Å². The summed E-state index contributed by atoms with van der Waals surface area (Å²) in [5.41, 5.74) is 0. The largest absolute Gasteiger partial charge is 0.494 e. The van der Waals surface area contributed by atoms with E-state index in [4.69, 9.17) is 18.9 Å². The van der Waals surface area contributed by atoms with Gasteiger partial charge in [0.25, 0.3) is 0 Å². The van der Waals surface area contributed by atoms with Crippen LogP contribution in [0.5, 0.6) is 23.0 Å². The molecule has 2 rings (SSSR count). The Kier molecular flexibility index (Phi) is 6.29. The van der Waals surface area contributed by atoms with Gasteiger partial charge in [-0.25, -0.2) is 4.79 Å². The van der Waals surface area contributed by atoms with Gasteiger partial charge in [-0.05, 0) is 42.8 Å². The summed E-state index contributed by atoms with van der Waals surface area (Å²) < 4.78 is 21.2. The molecule has 0 atom stereocenters. The number of hydrogen-bond donors (Lipinski definition) is 0. The smallest absolute Gasteiger partial charge is 0.349 e. The molecule has 2 aromatic rings. The van der Waals surface area contributed by atoms with E-state index >= 15 is 0 Å². The van der Waals surface area contributed by atoms with E-state index in [0.717, 1.165) is 12.2 Å². The minimum absolute atomic E-state index is 0.187. The summed E-state index contributed by atoms with van der Waals surface area (Å²) >= 11 is 0. The molecule has 0 aromatic heterocycles. The Morgan fingerprint density at radius 2 is 1.52 bits per heavy atom. The van der Waals surface area contributed by atoms with Gasteiger partial charge in [-0.1, -0.05) is 19.1 Å². The van der Waals surface area contributed by atoms with Gasteiger partial charge < -0.3 is 18.9 Å². The first-order valence-electron chi connectivity index (χ1n) is 7.42. The van der Waals surface area contributed by atoms with Gasteiger partial charge >= 0.3 is 5.97 Å². The molecular formula is C18H20O5. The van der Waals surface area contributed by atoms with Crippen LogP contribution in [0.2, 0.25) is 0 Å². The molecule has 0 saturated heterocycles. The summed E-state index contributed by atoms with van der Waals surface area (Å²) in [6, 6.07) is 14.1. The summed E-state index contributed by atoms with van der Waals surface area (Å²) in [4.78, 5) is 11.8. The van der Waals surface area contributed by atoms with Crippen molar-refractivity contribution in [2.24, 2.45) is 0 Å². The molecule has 0 aliphatic carbocycles. The van der Waals surface area contributed by atoms with Gasteiger partial charge in [0.05, 0.1) is 13.7 Å². The van der Waals surface area contributed by atoms with Gasteiger partial charge in [0.1, 0.15) is 11.5 Å². The number of benzene rings is 2. The summed E-state index contributed by atoms with van der Waals surface area (Å²) in [7, 11) is 1.52. The Morgan fingerprint density at radius 3 is 2.13 bits per heavy atom. The first-order valence-corrected chi connectivity index (χ1v) is 7.42. The van der Waals surface area contributed by atoms with Gasteiger partial charge in [0.2, 0.25) is 0 Å². The van der Waals surface area contributed by atoms with E-state index in [9.17, 15) is 4.79 Å². The molecule has 0 N–H and O–H groups in total. The maximum absolute atomic E-state index is 11.8. The SMILES string of the molecule is CCCOc1ccc(OCC(=O)Oc2ccccc2OC)cc1. The average Bonchev–Trinajstić information content (AvgIpc) is 2.59. The second-order valence-electron chi connectivity index (χ2n) is 4.73. The van der Waals surface area contributed by atoms with Crippen molar-refractivity contribution in [3.63, 3.8) is 0 Å². The van der Waals surface area contributed by atoms with Gasteiger partial charge in [0.15, 0.2) is 18.1 Å². The third kappa shape index (κ3) is 5.21. The Hall–Kier alpha value is -2.69. The highest BCUT2D eigenvalue weighted by Gasteiger charge is 2.10. The summed E-state index contributed by atoms with van der Waals surface area (Å²) in [5.74, 6) is 1.72. The molecule has 23 heavy (non-hydrogen) atoms. The molecule has 0 amide bonds. The van der Waals surface area contributed by atoms with Crippen molar-refractivity contribution < 1.29 is 23.7 Å². The molecule has 122 valence electrons. The van der Waals surface area contributed by atoms with E-state index in [2.05, 4.69) is 0 Å². The van der Waals surface area contributed by atoms with Crippen LogP contribution in [-0.4, -0.2) is 26.3 Å². The highest BCUT2D eigenvalue weighted by atomic mass is 16.6. The number of carbonyl (C=O) groups excluding carboxylic acids is 1. The first-order chi connectivity index (χ1) is 11.2. The molecule has 2 aromatic carbocycles. The Labute approximate surface area is 135 Å². The van der Waals surface area contributed by atoms with Crippen molar-refractivity contribution in [2.45, 2.75) is 13.3 Å². The standard InChI is InChI=1S/C18H20O5/c1-3-12-21-14-8-10-15(11-9-14)22-13-18(19)23-17-7-5-4-6-16(17)20-2/h4-11H,3,12-13H2,1-2H3. The Balaban J connectivity index is 1.84. The predicted octanol–water partition coefficient (Wildman–Crippen LogP) is 3.47. The number of hydrogen-bond acceptors (Lipinski definition) is 5. The molecular weight excluding hydrogens is 296 g/mol. The van der Waals surface area contributed by atoms with E-state index in [1.165, 1.54) is 7.11 Å². The summed E-state index contributed by atoms with van der Waals surface area (Å²) in [6.45, 7) is 2.53. The van der Waals surface area contributed by atoms with Crippen LogP contribution in [0.3, 0.4) is 0 Å². The number of methoxy groups -OCH3 is 1. The Morgan fingerprint density at radius 1 is 0.913 bits per heavy atom. The van der Waals surface area contributed by atoms with Crippen LogP contribution in [0.1, 0.15) is 13.3 Å². The Bertz CT molecular complexity index is 622. The quantitative estimate of drug-likeness (QED) is 0.551.